The summed E-state index contributed by atoms with van der Waals surface area (Å²) >= 11 is 1.99. The first kappa shape index (κ1) is 20.9. The van der Waals surface area contributed by atoms with Crippen LogP contribution in [0.3, 0.4) is 0 Å². The number of carbonyl (C=O) groups is 1. The monoisotopic (exact) mass is 435 g/mol. The highest BCUT2D eigenvalue weighted by molar-refractivity contribution is 7.99. The Hall–Kier alpha value is -1.98. The largest absolute Gasteiger partial charge is 0.369 e. The Kier molecular flexibility index (Phi) is 6.51. The van der Waals surface area contributed by atoms with Gasteiger partial charge in [0, 0.05) is 42.5 Å². The summed E-state index contributed by atoms with van der Waals surface area (Å²) in [6.07, 6.45) is 5.17. The van der Waals surface area contributed by atoms with E-state index >= 15 is 0 Å². The maximum atomic E-state index is 13.2. The molecule has 164 valence electrons. The molecule has 1 saturated carbocycles. The van der Waals surface area contributed by atoms with Gasteiger partial charge in [0.2, 0.25) is 5.91 Å². The Morgan fingerprint density at radius 3 is 2.52 bits per heavy atom. The Labute approximate surface area is 190 Å². The predicted octanol–water partition coefficient (Wildman–Crippen LogP) is 4.58. The zero-order valence-electron chi connectivity index (χ0n) is 18.2. The number of hydrogen-bond donors (Lipinski definition) is 1. The molecule has 31 heavy (non-hydrogen) atoms. The smallest absolute Gasteiger partial charge is 0.234 e. The van der Waals surface area contributed by atoms with E-state index in [0.29, 0.717) is 18.4 Å². The minimum atomic E-state index is 0.162. The van der Waals surface area contributed by atoms with Gasteiger partial charge in [0.25, 0.3) is 0 Å². The standard InChI is InChI=1S/C26H33N3OS/c30-25(18-28-14-16-29(17-15-28)21-9-2-1-3-10-21)27-26-22-11-5-4-8-20(22)19-31-24-13-7-6-12-23(24)26/h1-3,6-7,9-10,12-13,20,22,26H,4-5,8,11,14-19H2,(H,27,30)/t20-,22+,26+/m0/s1. The van der Waals surface area contributed by atoms with Gasteiger partial charge in [-0.2, -0.15) is 0 Å². The first-order chi connectivity index (χ1) is 15.3. The van der Waals surface area contributed by atoms with E-state index in [1.807, 2.05) is 11.8 Å². The number of carbonyl (C=O) groups excluding carboxylic acids is 1. The van der Waals surface area contributed by atoms with Crippen molar-refractivity contribution < 1.29 is 4.79 Å². The van der Waals surface area contributed by atoms with Gasteiger partial charge in [-0.3, -0.25) is 9.69 Å². The summed E-state index contributed by atoms with van der Waals surface area (Å²) in [5.74, 6) is 2.66. The van der Waals surface area contributed by atoms with Gasteiger partial charge in [0.1, 0.15) is 0 Å². The molecule has 1 saturated heterocycles. The van der Waals surface area contributed by atoms with Gasteiger partial charge < -0.3 is 10.2 Å². The number of thioether (sulfide) groups is 1. The highest BCUT2D eigenvalue weighted by atomic mass is 32.2. The van der Waals surface area contributed by atoms with Crippen molar-refractivity contribution >= 4 is 23.4 Å². The number of rotatable bonds is 4. The van der Waals surface area contributed by atoms with E-state index in [1.165, 1.54) is 47.6 Å². The molecule has 0 spiro atoms. The average Bonchev–Trinajstić information content (AvgIpc) is 2.98. The topological polar surface area (TPSA) is 35.6 Å². The fraction of sp³-hybridized carbons (Fsp3) is 0.500. The third-order valence-corrected chi connectivity index (χ3v) is 8.56. The normalized spacial score (nSPS) is 26.5. The summed E-state index contributed by atoms with van der Waals surface area (Å²) in [5, 5.41) is 3.50. The summed E-state index contributed by atoms with van der Waals surface area (Å²) in [6.45, 7) is 4.33. The molecule has 0 unspecified atom stereocenters. The molecule has 2 aromatic carbocycles. The summed E-state index contributed by atoms with van der Waals surface area (Å²) in [5.41, 5.74) is 2.62. The molecular formula is C26H33N3OS. The highest BCUT2D eigenvalue weighted by Gasteiger charge is 2.37. The van der Waals surface area contributed by atoms with Crippen LogP contribution in [0, 0.1) is 11.8 Å². The average molecular weight is 436 g/mol. The van der Waals surface area contributed by atoms with E-state index in [0.717, 1.165) is 26.2 Å². The van der Waals surface area contributed by atoms with E-state index in [1.54, 1.807) is 0 Å². The van der Waals surface area contributed by atoms with Gasteiger partial charge in [-0.25, -0.2) is 0 Å². The number of benzene rings is 2. The zero-order chi connectivity index (χ0) is 21.0. The van der Waals surface area contributed by atoms with Gasteiger partial charge in [-0.15, -0.1) is 11.8 Å². The Morgan fingerprint density at radius 2 is 1.68 bits per heavy atom. The summed E-state index contributed by atoms with van der Waals surface area (Å²) in [7, 11) is 0. The maximum absolute atomic E-state index is 13.2. The van der Waals surface area contributed by atoms with Gasteiger partial charge in [0.05, 0.1) is 12.6 Å². The van der Waals surface area contributed by atoms with Gasteiger partial charge in [-0.1, -0.05) is 49.2 Å². The molecule has 4 nitrogen and oxygen atoms in total. The minimum absolute atomic E-state index is 0.162. The number of nitrogens with zero attached hydrogens (tertiary/aromatic N) is 2. The Bertz CT molecular complexity index is 881. The molecule has 2 aromatic rings. The lowest BCUT2D eigenvalue weighted by molar-refractivity contribution is -0.123. The van der Waals surface area contributed by atoms with Crippen molar-refractivity contribution in [2.75, 3.05) is 43.4 Å². The first-order valence-corrected chi connectivity index (χ1v) is 12.8. The number of piperazine rings is 1. The lowest BCUT2D eigenvalue weighted by Gasteiger charge is -2.38. The molecule has 5 heteroatoms. The highest BCUT2D eigenvalue weighted by Crippen LogP contribution is 2.46. The molecule has 3 aliphatic rings. The van der Waals surface area contributed by atoms with E-state index in [4.69, 9.17) is 0 Å². The molecule has 0 radical (unpaired) electrons. The van der Waals surface area contributed by atoms with Crippen LogP contribution in [0.5, 0.6) is 0 Å². The van der Waals surface area contributed by atoms with Gasteiger partial charge >= 0.3 is 0 Å². The molecule has 5 rings (SSSR count). The van der Waals surface area contributed by atoms with Crippen molar-refractivity contribution in [3.63, 3.8) is 0 Å². The molecule has 1 N–H and O–H groups in total. The van der Waals surface area contributed by atoms with E-state index in [9.17, 15) is 4.79 Å². The van der Waals surface area contributed by atoms with Crippen LogP contribution >= 0.6 is 11.8 Å². The first-order valence-electron chi connectivity index (χ1n) is 11.8. The SMILES string of the molecule is O=C(CN1CCN(c2ccccc2)CC1)N[C@H]1c2ccccc2SC[C@@H]2CCCC[C@H]21. The van der Waals surface area contributed by atoms with Crippen molar-refractivity contribution in [3.8, 4) is 0 Å². The summed E-state index contributed by atoms with van der Waals surface area (Å²) in [4.78, 5) is 19.2. The van der Waals surface area contributed by atoms with Gasteiger partial charge in [-0.05, 0) is 48.4 Å². The number of hydrogen-bond acceptors (Lipinski definition) is 4. The molecular weight excluding hydrogens is 402 g/mol. The van der Waals surface area contributed by atoms with Crippen LogP contribution in [-0.2, 0) is 4.79 Å². The predicted molar refractivity (Wildman–Crippen MR) is 129 cm³/mol. The molecule has 2 heterocycles. The van der Waals surface area contributed by atoms with Crippen molar-refractivity contribution in [1.29, 1.82) is 0 Å². The van der Waals surface area contributed by atoms with Crippen LogP contribution in [0.25, 0.3) is 0 Å². The fourth-order valence-corrected chi connectivity index (χ4v) is 6.93. The van der Waals surface area contributed by atoms with Crippen molar-refractivity contribution in [2.24, 2.45) is 11.8 Å². The minimum Gasteiger partial charge on any atom is -0.369 e. The second-order valence-electron chi connectivity index (χ2n) is 9.20. The number of nitrogens with one attached hydrogen (secondary N) is 1. The Morgan fingerprint density at radius 1 is 0.935 bits per heavy atom. The van der Waals surface area contributed by atoms with Crippen LogP contribution in [0.4, 0.5) is 5.69 Å². The van der Waals surface area contributed by atoms with Crippen LogP contribution in [0.1, 0.15) is 37.3 Å². The molecule has 2 aliphatic heterocycles. The fourth-order valence-electron chi connectivity index (χ4n) is 5.59. The Balaban J connectivity index is 1.23. The van der Waals surface area contributed by atoms with Crippen molar-refractivity contribution in [2.45, 2.75) is 36.6 Å². The second-order valence-corrected chi connectivity index (χ2v) is 10.3. The van der Waals surface area contributed by atoms with Crippen LogP contribution in [0.15, 0.2) is 59.5 Å². The quantitative estimate of drug-likeness (QED) is 0.763. The molecule has 2 fully saturated rings. The van der Waals surface area contributed by atoms with Crippen molar-refractivity contribution in [3.05, 3.63) is 60.2 Å². The van der Waals surface area contributed by atoms with Gasteiger partial charge in [0.15, 0.2) is 0 Å². The molecule has 0 bridgehead atoms. The lowest BCUT2D eigenvalue weighted by Crippen LogP contribution is -2.50. The molecule has 3 atom stereocenters. The van der Waals surface area contributed by atoms with E-state index in [-0.39, 0.29) is 11.9 Å². The maximum Gasteiger partial charge on any atom is 0.234 e. The number of amides is 1. The number of fused-ring (bicyclic) bond motifs is 2. The lowest BCUT2D eigenvalue weighted by atomic mass is 9.74. The third-order valence-electron chi connectivity index (χ3n) is 7.28. The molecule has 1 aliphatic carbocycles. The molecule has 1 amide bonds. The second kappa shape index (κ2) is 9.66. The zero-order valence-corrected chi connectivity index (χ0v) is 19.0. The van der Waals surface area contributed by atoms with Crippen LogP contribution in [-0.4, -0.2) is 49.3 Å². The van der Waals surface area contributed by atoms with E-state index in [2.05, 4.69) is 69.7 Å². The van der Waals surface area contributed by atoms with Crippen molar-refractivity contribution in [1.82, 2.24) is 10.2 Å². The summed E-state index contributed by atoms with van der Waals surface area (Å²) in [6, 6.07) is 19.5. The van der Waals surface area contributed by atoms with Crippen LogP contribution < -0.4 is 10.2 Å². The third kappa shape index (κ3) is 4.78. The number of para-hydroxylation sites is 1. The summed E-state index contributed by atoms with van der Waals surface area (Å²) < 4.78 is 0. The van der Waals surface area contributed by atoms with E-state index < -0.39 is 0 Å². The molecule has 0 aromatic heterocycles. The number of anilines is 1. The van der Waals surface area contributed by atoms with Crippen LogP contribution in [0.2, 0.25) is 0 Å².